The molecule has 0 unspecified atom stereocenters. The van der Waals surface area contributed by atoms with Gasteiger partial charge in [-0.05, 0) is 22.3 Å². The Kier molecular flexibility index (Phi) is 12.3. The van der Waals surface area contributed by atoms with Gasteiger partial charge in [0.1, 0.15) is 0 Å². The molecular formula is C33H34O10P2. The number of hydrogen-bond acceptors (Lipinski definition) is 4. The highest BCUT2D eigenvalue weighted by molar-refractivity contribution is 7.45. The highest BCUT2D eigenvalue weighted by Gasteiger charge is 2.58. The predicted octanol–water partition coefficient (Wildman–Crippen LogP) is 4.79. The second-order valence-corrected chi connectivity index (χ2v) is 11.9. The third-order valence-corrected chi connectivity index (χ3v) is 6.88. The van der Waals surface area contributed by atoms with E-state index < -0.39 is 32.8 Å². The molecule has 0 saturated heterocycles. The smallest absolute Gasteiger partial charge is 0.361 e. The lowest BCUT2D eigenvalue weighted by Gasteiger charge is -2.50. The average Bonchev–Trinajstić information content (AvgIpc) is 3.00. The quantitative estimate of drug-likeness (QED) is 0.0895. The fraction of sp³-hybridized carbons (Fsp3) is 0.0909. The van der Waals surface area contributed by atoms with E-state index in [0.717, 1.165) is 22.3 Å². The molecule has 236 valence electrons. The third kappa shape index (κ3) is 9.86. The lowest BCUT2D eigenvalue weighted by atomic mass is 9.56. The fourth-order valence-electron chi connectivity index (χ4n) is 5.39. The van der Waals surface area contributed by atoms with Crippen molar-refractivity contribution in [2.75, 3.05) is 0 Å². The molecule has 5 aromatic rings. The Labute approximate surface area is 260 Å². The average molecular weight is 653 g/mol. The normalized spacial score (nSPS) is 11.9. The first-order valence-electron chi connectivity index (χ1n) is 13.4. The molecule has 45 heavy (non-hydrogen) atoms. The zero-order chi connectivity index (χ0) is 33.1. The summed E-state index contributed by atoms with van der Waals surface area (Å²) in [5, 5.41) is 24.9. The molecule has 0 aromatic heterocycles. The summed E-state index contributed by atoms with van der Waals surface area (Å²) in [6.45, 7) is 0. The fourth-order valence-corrected chi connectivity index (χ4v) is 5.39. The minimum atomic E-state index is -4.64. The van der Waals surface area contributed by atoms with Crippen LogP contribution in [-0.4, -0.2) is 39.6 Å². The molecule has 0 heterocycles. The van der Waals surface area contributed by atoms with Gasteiger partial charge < -0.3 is 39.6 Å². The lowest BCUT2D eigenvalue weighted by molar-refractivity contribution is -0.217. The number of phosphoric acid groups is 2. The third-order valence-electron chi connectivity index (χ3n) is 6.88. The summed E-state index contributed by atoms with van der Waals surface area (Å²) < 4.78 is 17.8. The van der Waals surface area contributed by atoms with Crippen LogP contribution in [0.2, 0.25) is 0 Å². The van der Waals surface area contributed by atoms with Crippen LogP contribution in [0.25, 0.3) is 0 Å². The summed E-state index contributed by atoms with van der Waals surface area (Å²) in [6, 6.07) is 49.2. The van der Waals surface area contributed by atoms with Gasteiger partial charge in [-0.2, -0.15) is 0 Å². The van der Waals surface area contributed by atoms with E-state index in [9.17, 15) is 10.2 Å². The van der Waals surface area contributed by atoms with Gasteiger partial charge in [0.15, 0.2) is 0 Å². The Morgan fingerprint density at radius 1 is 0.400 bits per heavy atom. The molecule has 0 amide bonds. The molecule has 0 saturated carbocycles. The second-order valence-electron chi connectivity index (χ2n) is 9.86. The van der Waals surface area contributed by atoms with E-state index in [1.807, 2.05) is 115 Å². The number of rotatable bonds is 7. The Bertz CT molecular complexity index is 1560. The minimum absolute atomic E-state index is 0.412. The molecule has 0 atom stereocenters. The van der Waals surface area contributed by atoms with Crippen LogP contribution in [0.15, 0.2) is 152 Å². The highest BCUT2D eigenvalue weighted by Crippen LogP contribution is 2.56. The van der Waals surface area contributed by atoms with Gasteiger partial charge in [0, 0.05) is 11.5 Å². The molecule has 0 aliphatic carbocycles. The summed E-state index contributed by atoms with van der Waals surface area (Å²) in [5.41, 5.74) is 2.78. The van der Waals surface area contributed by atoms with Crippen LogP contribution in [0.5, 0.6) is 0 Å². The molecule has 0 fully saturated rings. The Balaban J connectivity index is 0.000000482. The Morgan fingerprint density at radius 3 is 0.889 bits per heavy atom. The van der Waals surface area contributed by atoms with Crippen molar-refractivity contribution in [1.29, 1.82) is 0 Å². The summed E-state index contributed by atoms with van der Waals surface area (Å²) in [5.74, 6) is -2.67. The molecule has 0 bridgehead atoms. The summed E-state index contributed by atoms with van der Waals surface area (Å²) in [4.78, 5) is 43.1. The van der Waals surface area contributed by atoms with Gasteiger partial charge >= 0.3 is 15.6 Å². The number of benzene rings is 5. The second kappa shape index (κ2) is 15.5. The van der Waals surface area contributed by atoms with Crippen molar-refractivity contribution in [3.8, 4) is 0 Å². The van der Waals surface area contributed by atoms with Gasteiger partial charge in [-0.3, -0.25) is 0 Å². The van der Waals surface area contributed by atoms with Crippen molar-refractivity contribution in [2.24, 2.45) is 0 Å². The number of aliphatic hydroxyl groups is 2. The summed E-state index contributed by atoms with van der Waals surface area (Å²) in [6.07, 6.45) is 0. The minimum Gasteiger partial charge on any atom is -0.361 e. The number of hydrogen-bond donors (Lipinski definition) is 8. The molecular weight excluding hydrogens is 618 g/mol. The molecule has 0 aliphatic rings. The van der Waals surface area contributed by atoms with Crippen molar-refractivity contribution in [1.82, 2.24) is 0 Å². The van der Waals surface area contributed by atoms with Crippen LogP contribution < -0.4 is 0 Å². The first-order chi connectivity index (χ1) is 21.2. The van der Waals surface area contributed by atoms with Crippen molar-refractivity contribution < 1.29 is 48.7 Å². The molecule has 10 nitrogen and oxygen atoms in total. The van der Waals surface area contributed by atoms with Gasteiger partial charge in [0.25, 0.3) is 0 Å². The van der Waals surface area contributed by atoms with E-state index in [4.69, 9.17) is 38.5 Å². The first kappa shape index (κ1) is 35.7. The van der Waals surface area contributed by atoms with E-state index in [1.165, 1.54) is 0 Å². The van der Waals surface area contributed by atoms with E-state index >= 15 is 0 Å². The lowest BCUT2D eigenvalue weighted by Crippen LogP contribution is -2.54. The maximum Gasteiger partial charge on any atom is 0.466 e. The van der Waals surface area contributed by atoms with E-state index in [-0.39, 0.29) is 0 Å². The molecule has 0 radical (unpaired) electrons. The maximum absolute atomic E-state index is 12.5. The van der Waals surface area contributed by atoms with E-state index in [0.29, 0.717) is 5.56 Å². The van der Waals surface area contributed by atoms with Crippen LogP contribution >= 0.6 is 15.6 Å². The summed E-state index contributed by atoms with van der Waals surface area (Å²) in [7, 11) is -9.28. The Hall–Kier alpha value is -3.76. The monoisotopic (exact) mass is 652 g/mol. The first-order valence-corrected chi connectivity index (χ1v) is 16.6. The molecule has 0 spiro atoms. The molecule has 5 rings (SSSR count). The highest BCUT2D eigenvalue weighted by atomic mass is 31.2. The Morgan fingerprint density at radius 2 is 0.622 bits per heavy atom. The van der Waals surface area contributed by atoms with Gasteiger partial charge in [-0.1, -0.05) is 152 Å². The molecule has 5 aromatic carbocycles. The van der Waals surface area contributed by atoms with Gasteiger partial charge in [0.2, 0.25) is 5.79 Å². The van der Waals surface area contributed by atoms with Crippen molar-refractivity contribution in [3.63, 3.8) is 0 Å². The van der Waals surface area contributed by atoms with Crippen molar-refractivity contribution >= 4 is 15.6 Å². The van der Waals surface area contributed by atoms with Gasteiger partial charge in [0.05, 0.1) is 5.41 Å². The van der Waals surface area contributed by atoms with Crippen LogP contribution in [0.4, 0.5) is 0 Å². The molecule has 8 N–H and O–H groups in total. The van der Waals surface area contributed by atoms with E-state index in [2.05, 4.69) is 24.3 Å². The van der Waals surface area contributed by atoms with Crippen LogP contribution in [0.1, 0.15) is 33.7 Å². The SMILES string of the molecule is O=P(O)(O)O.O=P(O)(O)O.OC(O)(c1ccccc1)C(c1ccccc1)(c1ccccc1)C(c1ccccc1)c1ccccc1. The van der Waals surface area contributed by atoms with Gasteiger partial charge in [-0.15, -0.1) is 0 Å². The topological polar surface area (TPSA) is 196 Å². The van der Waals surface area contributed by atoms with E-state index in [1.54, 1.807) is 12.1 Å². The largest absolute Gasteiger partial charge is 0.466 e. The summed E-state index contributed by atoms with van der Waals surface area (Å²) >= 11 is 0. The van der Waals surface area contributed by atoms with Crippen LogP contribution in [0, 0.1) is 0 Å². The standard InChI is InChI=1S/C33H28O2.2H3O4P/c34-33(35,30-24-14-5-15-25-30)32(28-20-10-3-11-21-28,29-22-12-4-13-23-29)31(26-16-6-1-7-17-26)27-18-8-2-9-19-27;2*1-5(2,3)4/h1-25,31,34-35H;2*(H3,1,2,3,4). The van der Waals surface area contributed by atoms with Crippen LogP contribution in [0.3, 0.4) is 0 Å². The molecule has 0 aliphatic heterocycles. The maximum atomic E-state index is 12.5. The predicted molar refractivity (Wildman–Crippen MR) is 169 cm³/mol. The van der Waals surface area contributed by atoms with Crippen molar-refractivity contribution in [2.45, 2.75) is 17.1 Å². The zero-order valence-corrected chi connectivity index (χ0v) is 25.6. The van der Waals surface area contributed by atoms with Crippen LogP contribution in [-0.2, 0) is 20.3 Å². The zero-order valence-electron chi connectivity index (χ0n) is 23.8. The van der Waals surface area contributed by atoms with Crippen molar-refractivity contribution in [3.05, 3.63) is 179 Å². The van der Waals surface area contributed by atoms with Gasteiger partial charge in [-0.25, -0.2) is 9.13 Å². The molecule has 12 heteroatoms.